The van der Waals surface area contributed by atoms with Gasteiger partial charge in [0, 0.05) is 55.1 Å². The Balaban J connectivity index is 0.937. The zero-order valence-corrected chi connectivity index (χ0v) is 25.8. The van der Waals surface area contributed by atoms with Gasteiger partial charge in [-0.25, -0.2) is 9.37 Å². The first-order chi connectivity index (χ1) is 21.0. The number of aromatic nitrogens is 2. The first-order valence-electron chi connectivity index (χ1n) is 15.9. The monoisotopic (exact) mass is 609 g/mol. The number of ether oxygens (including phenoxy) is 2. The number of nitrogens with zero attached hydrogens (tertiary/aromatic N) is 3. The van der Waals surface area contributed by atoms with E-state index < -0.39 is 11.4 Å². The molecular formula is C33H44FN5O3S. The highest BCUT2D eigenvalue weighted by molar-refractivity contribution is 7.99. The number of anilines is 2. The zero-order chi connectivity index (χ0) is 29.6. The van der Waals surface area contributed by atoms with E-state index in [0.717, 1.165) is 83.2 Å². The number of likely N-dealkylation sites (tertiary alicyclic amines) is 1. The number of nitrogens with two attached hydrogens (primary N) is 1. The molecule has 3 N–H and O–H groups in total. The number of halogens is 1. The van der Waals surface area contributed by atoms with Gasteiger partial charge in [0.05, 0.1) is 17.9 Å². The van der Waals surface area contributed by atoms with Gasteiger partial charge in [0.2, 0.25) is 0 Å². The van der Waals surface area contributed by atoms with E-state index in [-0.39, 0.29) is 5.39 Å². The van der Waals surface area contributed by atoms with Gasteiger partial charge in [-0.2, -0.15) is 11.8 Å². The van der Waals surface area contributed by atoms with Crippen molar-refractivity contribution in [3.8, 4) is 5.75 Å². The molecule has 2 aromatic carbocycles. The van der Waals surface area contributed by atoms with E-state index in [0.29, 0.717) is 40.6 Å². The van der Waals surface area contributed by atoms with Crippen molar-refractivity contribution in [2.45, 2.75) is 55.9 Å². The van der Waals surface area contributed by atoms with Crippen molar-refractivity contribution >= 4 is 34.0 Å². The number of fused-ring (bicyclic) bond motifs is 1. The Kier molecular flexibility index (Phi) is 10.1. The predicted octanol–water partition coefficient (Wildman–Crippen LogP) is 5.45. The van der Waals surface area contributed by atoms with E-state index in [1.165, 1.54) is 31.0 Å². The van der Waals surface area contributed by atoms with Gasteiger partial charge in [-0.1, -0.05) is 0 Å². The standard InChI is InChI=1S/C33H44FN5O3S/c34-29-19-27(20-30-32(29)33(40)37-31(36-30)22-43-28-10-17-41-18-11-28)42-21-24-6-13-38(14-7-24)12-5-23-8-15-39(16-9-23)26-3-1-25(35)2-4-26/h1-4,19-20,23-24,28H,5-18,21-22,35H2,(H,36,37,40). The molecule has 0 unspecified atom stereocenters. The molecule has 6 rings (SSSR count). The molecule has 0 atom stereocenters. The molecule has 0 radical (unpaired) electrons. The number of benzene rings is 2. The molecule has 43 heavy (non-hydrogen) atoms. The molecule has 0 amide bonds. The fourth-order valence-corrected chi connectivity index (χ4v) is 7.62. The molecule has 3 saturated heterocycles. The SMILES string of the molecule is Nc1ccc(N2CCC(CCN3CCC(COc4cc(F)c5c(=O)[nH]c(CSC6CCOCC6)nc5c4)CC3)CC2)cc1. The van der Waals surface area contributed by atoms with Crippen LogP contribution in [0.5, 0.6) is 5.75 Å². The Bertz CT molecular complexity index is 1400. The molecule has 0 saturated carbocycles. The number of hydrogen-bond acceptors (Lipinski definition) is 8. The van der Waals surface area contributed by atoms with Gasteiger partial charge >= 0.3 is 0 Å². The molecule has 0 aliphatic carbocycles. The molecule has 4 heterocycles. The van der Waals surface area contributed by atoms with Crippen LogP contribution >= 0.6 is 11.8 Å². The minimum Gasteiger partial charge on any atom is -0.493 e. The summed E-state index contributed by atoms with van der Waals surface area (Å²) in [4.78, 5) is 25.1. The van der Waals surface area contributed by atoms with Crippen LogP contribution in [0.4, 0.5) is 15.8 Å². The third-order valence-corrected chi connectivity index (χ3v) is 10.7. The molecule has 3 fully saturated rings. The summed E-state index contributed by atoms with van der Waals surface area (Å²) >= 11 is 1.77. The van der Waals surface area contributed by atoms with Crippen molar-refractivity contribution in [1.82, 2.24) is 14.9 Å². The van der Waals surface area contributed by atoms with E-state index >= 15 is 0 Å². The molecule has 3 aliphatic rings. The summed E-state index contributed by atoms with van der Waals surface area (Å²) in [6.07, 6.45) is 7.91. The van der Waals surface area contributed by atoms with E-state index in [2.05, 4.69) is 31.9 Å². The number of rotatable bonds is 10. The number of nitrogen functional groups attached to an aromatic ring is 1. The van der Waals surface area contributed by atoms with Gasteiger partial charge in [-0.3, -0.25) is 4.79 Å². The predicted molar refractivity (Wildman–Crippen MR) is 173 cm³/mol. The molecule has 3 aromatic rings. The molecule has 8 nitrogen and oxygen atoms in total. The molecular weight excluding hydrogens is 565 g/mol. The molecule has 1 aromatic heterocycles. The van der Waals surface area contributed by atoms with Crippen LogP contribution in [0.2, 0.25) is 0 Å². The Morgan fingerprint density at radius 1 is 1.00 bits per heavy atom. The number of thioether (sulfide) groups is 1. The molecule has 232 valence electrons. The second-order valence-electron chi connectivity index (χ2n) is 12.3. The summed E-state index contributed by atoms with van der Waals surface area (Å²) in [5.74, 6) is 2.25. The molecule has 0 bridgehead atoms. The van der Waals surface area contributed by atoms with Gasteiger partial charge in [0.15, 0.2) is 0 Å². The van der Waals surface area contributed by atoms with E-state index in [1.807, 2.05) is 12.1 Å². The number of nitrogens with one attached hydrogen (secondary N) is 1. The lowest BCUT2D eigenvalue weighted by molar-refractivity contribution is 0.1000. The van der Waals surface area contributed by atoms with E-state index in [1.54, 1.807) is 17.8 Å². The third-order valence-electron chi connectivity index (χ3n) is 9.33. The normalized spacial score (nSPS) is 19.7. The third kappa shape index (κ3) is 8.02. The van der Waals surface area contributed by atoms with Crippen molar-refractivity contribution in [2.24, 2.45) is 11.8 Å². The quantitative estimate of drug-likeness (QED) is 0.293. The fourth-order valence-electron chi connectivity index (χ4n) is 6.56. The molecule has 0 spiro atoms. The van der Waals surface area contributed by atoms with Crippen LogP contribution in [-0.4, -0.2) is 72.7 Å². The van der Waals surface area contributed by atoms with Crippen LogP contribution in [0.25, 0.3) is 10.9 Å². The summed E-state index contributed by atoms with van der Waals surface area (Å²) < 4.78 is 26.4. The highest BCUT2D eigenvalue weighted by Gasteiger charge is 2.24. The average molecular weight is 610 g/mol. The van der Waals surface area contributed by atoms with Crippen LogP contribution < -0.4 is 20.9 Å². The van der Waals surface area contributed by atoms with Gasteiger partial charge in [-0.15, -0.1) is 0 Å². The molecule has 10 heteroatoms. The lowest BCUT2D eigenvalue weighted by Crippen LogP contribution is -2.38. The minimum absolute atomic E-state index is 0.00333. The lowest BCUT2D eigenvalue weighted by atomic mass is 9.92. The Morgan fingerprint density at radius 2 is 1.72 bits per heavy atom. The van der Waals surface area contributed by atoms with Crippen molar-refractivity contribution in [3.63, 3.8) is 0 Å². The number of aromatic amines is 1. The van der Waals surface area contributed by atoms with Gasteiger partial charge in [0.1, 0.15) is 22.8 Å². The Labute approximate surface area is 257 Å². The van der Waals surface area contributed by atoms with Crippen LogP contribution in [0, 0.1) is 17.7 Å². The van der Waals surface area contributed by atoms with Crippen molar-refractivity contribution in [1.29, 1.82) is 0 Å². The number of hydrogen-bond donors (Lipinski definition) is 2. The summed E-state index contributed by atoms with van der Waals surface area (Å²) in [6.45, 7) is 7.65. The van der Waals surface area contributed by atoms with Gasteiger partial charge in [0.25, 0.3) is 5.56 Å². The fraction of sp³-hybridized carbons (Fsp3) is 0.576. The minimum atomic E-state index is -0.584. The Hall–Kier alpha value is -2.82. The van der Waals surface area contributed by atoms with Crippen molar-refractivity contribution in [3.05, 3.63) is 58.4 Å². The lowest BCUT2D eigenvalue weighted by Gasteiger charge is -2.36. The van der Waals surface area contributed by atoms with Crippen molar-refractivity contribution < 1.29 is 13.9 Å². The first-order valence-corrected chi connectivity index (χ1v) is 16.9. The highest BCUT2D eigenvalue weighted by Crippen LogP contribution is 2.29. The maximum absolute atomic E-state index is 14.9. The summed E-state index contributed by atoms with van der Waals surface area (Å²) in [7, 11) is 0. The van der Waals surface area contributed by atoms with Gasteiger partial charge < -0.3 is 30.0 Å². The van der Waals surface area contributed by atoms with Gasteiger partial charge in [-0.05, 0) is 101 Å². The van der Waals surface area contributed by atoms with Crippen molar-refractivity contribution in [2.75, 3.05) is 63.2 Å². The highest BCUT2D eigenvalue weighted by atomic mass is 32.2. The maximum Gasteiger partial charge on any atom is 0.261 e. The zero-order valence-electron chi connectivity index (χ0n) is 24.9. The summed E-state index contributed by atoms with van der Waals surface area (Å²) in [5.41, 5.74) is 7.86. The largest absolute Gasteiger partial charge is 0.493 e. The van der Waals surface area contributed by atoms with E-state index in [9.17, 15) is 9.18 Å². The molecule has 3 aliphatic heterocycles. The van der Waals surface area contributed by atoms with Crippen LogP contribution in [0.15, 0.2) is 41.2 Å². The van der Waals surface area contributed by atoms with Crippen LogP contribution in [0.3, 0.4) is 0 Å². The van der Waals surface area contributed by atoms with E-state index in [4.69, 9.17) is 15.2 Å². The summed E-state index contributed by atoms with van der Waals surface area (Å²) in [5, 5.41) is 0.489. The maximum atomic E-state index is 14.9. The second kappa shape index (κ2) is 14.3. The second-order valence-corrected chi connectivity index (χ2v) is 13.6. The smallest absolute Gasteiger partial charge is 0.261 e. The summed E-state index contributed by atoms with van der Waals surface area (Å²) in [6, 6.07) is 11.3. The topological polar surface area (TPSA) is 96.7 Å². The van der Waals surface area contributed by atoms with Crippen LogP contribution in [-0.2, 0) is 10.5 Å². The van der Waals surface area contributed by atoms with Crippen LogP contribution in [0.1, 0.15) is 50.8 Å². The number of H-pyrrole nitrogens is 1. The first kappa shape index (κ1) is 30.2. The Morgan fingerprint density at radius 3 is 2.47 bits per heavy atom. The average Bonchev–Trinajstić information content (AvgIpc) is 3.03. The number of piperidine rings is 2.